The third-order valence-corrected chi connectivity index (χ3v) is 4.29. The molecule has 1 heterocycles. The van der Waals surface area contributed by atoms with Crippen molar-refractivity contribution in [2.75, 3.05) is 0 Å². The first-order valence-corrected chi connectivity index (χ1v) is 8.78. The van der Waals surface area contributed by atoms with Gasteiger partial charge in [-0.3, -0.25) is 4.98 Å². The Morgan fingerprint density at radius 1 is 1.38 bits per heavy atom. The van der Waals surface area contributed by atoms with Crippen molar-refractivity contribution < 1.29 is 18.3 Å². The number of aryl methyl sites for hydroxylation is 2. The molecule has 1 rings (SSSR count). The number of thioether (sulfide) groups is 1. The van der Waals surface area contributed by atoms with E-state index in [9.17, 15) is 18.3 Å². The van der Waals surface area contributed by atoms with Gasteiger partial charge in [0.2, 0.25) is 0 Å². The second kappa shape index (κ2) is 9.22. The smallest absolute Gasteiger partial charge is 0.389 e. The zero-order chi connectivity index (χ0) is 18.3. The lowest BCUT2D eigenvalue weighted by atomic mass is 10.0. The largest absolute Gasteiger partial charge is 0.433 e. The van der Waals surface area contributed by atoms with E-state index in [2.05, 4.69) is 9.98 Å². The molecule has 0 aliphatic heterocycles. The zero-order valence-electron chi connectivity index (χ0n) is 14.3. The molecule has 3 nitrogen and oxygen atoms in total. The van der Waals surface area contributed by atoms with Crippen LogP contribution in [0.2, 0.25) is 0 Å². The average Bonchev–Trinajstić information content (AvgIpc) is 2.50. The summed E-state index contributed by atoms with van der Waals surface area (Å²) in [6, 6.07) is 1.94. The molecule has 1 unspecified atom stereocenters. The topological polar surface area (TPSA) is 45.5 Å². The molecule has 0 aliphatic rings. The monoisotopic (exact) mass is 360 g/mol. The molecule has 0 aliphatic carbocycles. The minimum Gasteiger partial charge on any atom is -0.389 e. The van der Waals surface area contributed by atoms with Gasteiger partial charge in [-0.2, -0.15) is 13.2 Å². The van der Waals surface area contributed by atoms with Crippen LogP contribution in [0.5, 0.6) is 0 Å². The van der Waals surface area contributed by atoms with E-state index in [-0.39, 0.29) is 0 Å². The first kappa shape index (κ1) is 20.7. The van der Waals surface area contributed by atoms with Crippen LogP contribution in [0.1, 0.15) is 44.5 Å². The molecule has 0 aromatic carbocycles. The van der Waals surface area contributed by atoms with Crippen molar-refractivity contribution in [3.8, 4) is 0 Å². The summed E-state index contributed by atoms with van der Waals surface area (Å²) in [4.78, 5) is 7.99. The number of alkyl halides is 3. The lowest BCUT2D eigenvalue weighted by molar-refractivity contribution is -0.0931. The number of aliphatic hydroxyl groups excluding tert-OH is 1. The van der Waals surface area contributed by atoms with Gasteiger partial charge in [0, 0.05) is 17.6 Å². The van der Waals surface area contributed by atoms with Gasteiger partial charge in [-0.25, -0.2) is 4.99 Å². The maximum absolute atomic E-state index is 12.9. The molecule has 0 saturated carbocycles. The van der Waals surface area contributed by atoms with Crippen LogP contribution < -0.4 is 0 Å². The fourth-order valence-electron chi connectivity index (χ4n) is 2.20. The van der Waals surface area contributed by atoms with E-state index in [0.29, 0.717) is 16.9 Å². The predicted octanol–water partition coefficient (Wildman–Crippen LogP) is 4.69. The fraction of sp³-hybridized carbons (Fsp3) is 0.529. The number of rotatable bonds is 6. The summed E-state index contributed by atoms with van der Waals surface area (Å²) in [5, 5.41) is 9.48. The first-order valence-electron chi connectivity index (χ1n) is 7.79. The molecule has 7 heteroatoms. The number of hydrogen-bond acceptors (Lipinski definition) is 4. The summed E-state index contributed by atoms with van der Waals surface area (Å²) >= 11 is 1.25. The maximum Gasteiger partial charge on any atom is 0.433 e. The normalized spacial score (nSPS) is 14.8. The molecule has 0 radical (unpaired) electrons. The van der Waals surface area contributed by atoms with Crippen LogP contribution in [0.3, 0.4) is 0 Å². The van der Waals surface area contributed by atoms with Crippen molar-refractivity contribution in [2.45, 2.75) is 58.6 Å². The van der Waals surface area contributed by atoms with Crippen molar-refractivity contribution in [3.05, 3.63) is 40.9 Å². The Bertz CT molecular complexity index is 588. The minimum absolute atomic E-state index is 0.298. The summed E-state index contributed by atoms with van der Waals surface area (Å²) in [6.07, 6.45) is -1.70. The second-order valence-corrected chi connectivity index (χ2v) is 6.48. The Labute approximate surface area is 145 Å². The molecule has 24 heavy (non-hydrogen) atoms. The molecular formula is C17H23F3N2OS. The molecule has 0 fully saturated rings. The van der Waals surface area contributed by atoms with Gasteiger partial charge < -0.3 is 5.11 Å². The van der Waals surface area contributed by atoms with E-state index in [0.717, 1.165) is 29.7 Å². The molecular weight excluding hydrogens is 337 g/mol. The van der Waals surface area contributed by atoms with Gasteiger partial charge >= 0.3 is 6.18 Å². The van der Waals surface area contributed by atoms with Crippen LogP contribution in [-0.4, -0.2) is 27.4 Å². The molecule has 1 atom stereocenters. The summed E-state index contributed by atoms with van der Waals surface area (Å²) < 4.78 is 38.8. The lowest BCUT2D eigenvalue weighted by Gasteiger charge is -2.13. The fourth-order valence-corrected chi connectivity index (χ4v) is 3.06. The van der Waals surface area contributed by atoms with E-state index < -0.39 is 18.0 Å². The third kappa shape index (κ3) is 6.28. The van der Waals surface area contributed by atoms with Crippen LogP contribution in [0.25, 0.3) is 0 Å². The zero-order valence-corrected chi connectivity index (χ0v) is 15.1. The number of hydrogen-bond donors (Lipinski definition) is 1. The van der Waals surface area contributed by atoms with Crippen LogP contribution in [0, 0.1) is 0 Å². The maximum atomic E-state index is 12.9. The van der Waals surface area contributed by atoms with E-state index in [1.807, 2.05) is 19.9 Å². The highest BCUT2D eigenvalue weighted by atomic mass is 32.2. The Balaban J connectivity index is 2.98. The third-order valence-electron chi connectivity index (χ3n) is 3.35. The standard InChI is InChI=1S/C17H23F3N2OS/c1-5-13-7-8-21-15(6-2)14(13)10-24-12(4)22-16(9-11(3)23)17(18,19)20/h7-9,11,23H,5-6,10H2,1-4H3/b16-9-,22-12+. The molecule has 1 aromatic rings. The second-order valence-electron chi connectivity index (χ2n) is 5.31. The van der Waals surface area contributed by atoms with E-state index in [1.54, 1.807) is 13.1 Å². The lowest BCUT2D eigenvalue weighted by Crippen LogP contribution is -2.13. The number of allylic oxidation sites excluding steroid dienone is 1. The molecule has 0 bridgehead atoms. The molecule has 0 amide bonds. The van der Waals surface area contributed by atoms with Crippen molar-refractivity contribution in [1.82, 2.24) is 4.98 Å². The van der Waals surface area contributed by atoms with Crippen molar-refractivity contribution >= 4 is 16.8 Å². The number of pyridine rings is 1. The van der Waals surface area contributed by atoms with Gasteiger partial charge in [-0.1, -0.05) is 13.8 Å². The van der Waals surface area contributed by atoms with Crippen molar-refractivity contribution in [2.24, 2.45) is 4.99 Å². The number of aliphatic hydroxyl groups is 1. The number of aromatic nitrogens is 1. The van der Waals surface area contributed by atoms with Crippen LogP contribution in [0.15, 0.2) is 29.0 Å². The van der Waals surface area contributed by atoms with Crippen LogP contribution in [-0.2, 0) is 18.6 Å². The summed E-state index contributed by atoms with van der Waals surface area (Å²) in [5.41, 5.74) is 2.11. The van der Waals surface area contributed by atoms with E-state index >= 15 is 0 Å². The highest BCUT2D eigenvalue weighted by molar-refractivity contribution is 8.13. The van der Waals surface area contributed by atoms with Crippen molar-refractivity contribution in [1.29, 1.82) is 0 Å². The van der Waals surface area contributed by atoms with Gasteiger partial charge in [-0.05, 0) is 50.0 Å². The van der Waals surface area contributed by atoms with Crippen LogP contribution >= 0.6 is 11.8 Å². The summed E-state index contributed by atoms with van der Waals surface area (Å²) in [7, 11) is 0. The molecule has 1 N–H and O–H groups in total. The first-order chi connectivity index (χ1) is 11.2. The van der Waals surface area contributed by atoms with Gasteiger partial charge in [0.25, 0.3) is 0 Å². The minimum atomic E-state index is -4.59. The molecule has 1 aromatic heterocycles. The number of halogens is 3. The number of nitrogens with zero attached hydrogens (tertiary/aromatic N) is 2. The SMILES string of the molecule is CCc1ccnc(CC)c1CS/C(C)=N/C(=C\C(C)O)C(F)(F)F. The molecule has 134 valence electrons. The van der Waals surface area contributed by atoms with Crippen LogP contribution in [0.4, 0.5) is 13.2 Å². The Morgan fingerprint density at radius 3 is 2.54 bits per heavy atom. The van der Waals surface area contributed by atoms with Gasteiger partial charge in [0.1, 0.15) is 5.70 Å². The van der Waals surface area contributed by atoms with E-state index in [1.165, 1.54) is 18.7 Å². The van der Waals surface area contributed by atoms with Gasteiger partial charge in [-0.15, -0.1) is 11.8 Å². The van der Waals surface area contributed by atoms with Gasteiger partial charge in [0.15, 0.2) is 0 Å². The predicted molar refractivity (Wildman–Crippen MR) is 93.2 cm³/mol. The van der Waals surface area contributed by atoms with Crippen molar-refractivity contribution in [3.63, 3.8) is 0 Å². The van der Waals surface area contributed by atoms with E-state index in [4.69, 9.17) is 0 Å². The highest BCUT2D eigenvalue weighted by Crippen LogP contribution is 2.29. The summed E-state index contributed by atoms with van der Waals surface area (Å²) in [5.74, 6) is 0.523. The summed E-state index contributed by atoms with van der Waals surface area (Å²) in [6.45, 7) is 6.85. The Morgan fingerprint density at radius 2 is 2.04 bits per heavy atom. The average molecular weight is 360 g/mol. The molecule has 0 saturated heterocycles. The number of aliphatic imine (C=N–C) groups is 1. The molecule has 0 spiro atoms. The van der Waals surface area contributed by atoms with Gasteiger partial charge in [0.05, 0.1) is 11.1 Å². The Hall–Kier alpha value is -1.34. The Kier molecular flexibility index (Phi) is 7.96. The highest BCUT2D eigenvalue weighted by Gasteiger charge is 2.34. The quantitative estimate of drug-likeness (QED) is 0.591.